The van der Waals surface area contributed by atoms with Crippen LogP contribution < -0.4 is 24.2 Å². The number of alkyl halides is 4. The Morgan fingerprint density at radius 3 is 2.48 bits per heavy atom. The van der Waals surface area contributed by atoms with Gasteiger partial charge >= 0.3 is 13.2 Å². The van der Waals surface area contributed by atoms with Crippen LogP contribution in [0.4, 0.5) is 23.2 Å². The lowest BCUT2D eigenvalue weighted by Crippen LogP contribution is -2.26. The van der Waals surface area contributed by atoms with E-state index in [-0.39, 0.29) is 35.4 Å². The summed E-state index contributed by atoms with van der Waals surface area (Å²) in [5.74, 6) is -0.0429. The molecule has 0 saturated carbocycles. The molecule has 0 saturated heterocycles. The molecule has 40 heavy (non-hydrogen) atoms. The zero-order chi connectivity index (χ0) is 28.7. The van der Waals surface area contributed by atoms with E-state index in [2.05, 4.69) is 29.7 Å². The van der Waals surface area contributed by atoms with Crippen molar-refractivity contribution in [3.63, 3.8) is 0 Å². The first-order valence-electron chi connectivity index (χ1n) is 11.7. The van der Waals surface area contributed by atoms with Gasteiger partial charge in [0.05, 0.1) is 21.9 Å². The Balaban J connectivity index is 1.27. The van der Waals surface area contributed by atoms with Gasteiger partial charge in [-0.05, 0) is 42.0 Å². The van der Waals surface area contributed by atoms with E-state index in [1.165, 1.54) is 36.4 Å². The van der Waals surface area contributed by atoms with E-state index in [0.29, 0.717) is 28.8 Å². The van der Waals surface area contributed by atoms with Crippen molar-refractivity contribution >= 4 is 26.6 Å². The van der Waals surface area contributed by atoms with Gasteiger partial charge in [0, 0.05) is 30.9 Å². The SMILES string of the molecule is O=S(=O)(Nc1cccc([C@@H](O)CNCCOc2ccc3c(OC(F)F)n[nH]c3c2)c1)c1cccc(OC(F)F)c1. The number of nitrogens with zero attached hydrogens (tertiary/aromatic N) is 1. The van der Waals surface area contributed by atoms with E-state index in [0.717, 1.165) is 6.07 Å². The third-order valence-electron chi connectivity index (χ3n) is 5.45. The van der Waals surface area contributed by atoms with Crippen LogP contribution in [-0.4, -0.2) is 56.6 Å². The lowest BCUT2D eigenvalue weighted by Gasteiger charge is -2.15. The van der Waals surface area contributed by atoms with Crippen LogP contribution in [0.3, 0.4) is 0 Å². The number of aromatic nitrogens is 2. The number of hydrogen-bond acceptors (Lipinski definition) is 8. The van der Waals surface area contributed by atoms with Gasteiger partial charge in [0.25, 0.3) is 10.0 Å². The fraction of sp³-hybridized carbons (Fsp3) is 0.240. The number of aromatic amines is 1. The molecule has 4 rings (SSSR count). The number of aliphatic hydroxyl groups excluding tert-OH is 1. The predicted molar refractivity (Wildman–Crippen MR) is 136 cm³/mol. The third kappa shape index (κ3) is 7.74. The Labute approximate surface area is 225 Å². The molecule has 4 aromatic rings. The van der Waals surface area contributed by atoms with Crippen molar-refractivity contribution in [3.05, 3.63) is 72.3 Å². The number of hydrogen-bond donors (Lipinski definition) is 4. The monoisotopic (exact) mass is 584 g/mol. The van der Waals surface area contributed by atoms with Crippen molar-refractivity contribution in [3.8, 4) is 17.4 Å². The average Bonchev–Trinajstić information content (AvgIpc) is 3.29. The lowest BCUT2D eigenvalue weighted by molar-refractivity contribution is -0.0521. The molecule has 214 valence electrons. The molecule has 0 fully saturated rings. The molecule has 10 nitrogen and oxygen atoms in total. The molecule has 0 bridgehead atoms. The number of benzene rings is 3. The van der Waals surface area contributed by atoms with E-state index < -0.39 is 29.4 Å². The molecule has 0 amide bonds. The number of nitrogens with one attached hydrogen (secondary N) is 3. The van der Waals surface area contributed by atoms with E-state index in [1.54, 1.807) is 24.3 Å². The zero-order valence-corrected chi connectivity index (χ0v) is 21.4. The molecule has 1 heterocycles. The normalized spacial score (nSPS) is 12.6. The first-order chi connectivity index (χ1) is 19.1. The molecule has 1 atom stereocenters. The highest BCUT2D eigenvalue weighted by Crippen LogP contribution is 2.27. The number of halogens is 4. The van der Waals surface area contributed by atoms with Gasteiger partial charge in [0.2, 0.25) is 5.88 Å². The van der Waals surface area contributed by atoms with Gasteiger partial charge in [0.15, 0.2) is 0 Å². The van der Waals surface area contributed by atoms with Crippen LogP contribution in [0.5, 0.6) is 17.4 Å². The molecular formula is C25H24F4N4O6S. The fourth-order valence-electron chi connectivity index (χ4n) is 3.68. The summed E-state index contributed by atoms with van der Waals surface area (Å²) in [6.07, 6.45) is -0.984. The molecule has 0 radical (unpaired) electrons. The molecule has 15 heteroatoms. The van der Waals surface area contributed by atoms with Gasteiger partial charge < -0.3 is 24.6 Å². The van der Waals surface area contributed by atoms with Crippen LogP contribution in [0.15, 0.2) is 71.6 Å². The summed E-state index contributed by atoms with van der Waals surface area (Å²) >= 11 is 0. The maximum absolute atomic E-state index is 12.7. The van der Waals surface area contributed by atoms with Crippen molar-refractivity contribution in [1.82, 2.24) is 15.5 Å². The number of fused-ring (bicyclic) bond motifs is 1. The molecule has 4 N–H and O–H groups in total. The Morgan fingerprint density at radius 2 is 1.70 bits per heavy atom. The topological polar surface area (TPSA) is 135 Å². The van der Waals surface area contributed by atoms with Crippen LogP contribution in [0, 0.1) is 0 Å². The molecule has 0 aliphatic rings. The summed E-state index contributed by atoms with van der Waals surface area (Å²) in [6, 6.07) is 15.5. The van der Waals surface area contributed by atoms with Gasteiger partial charge in [-0.2, -0.15) is 17.6 Å². The summed E-state index contributed by atoms with van der Waals surface area (Å²) in [6.45, 7) is -5.39. The van der Waals surface area contributed by atoms with Crippen molar-refractivity contribution in [2.45, 2.75) is 24.2 Å². The standard InChI is InChI=1S/C25H24F4N4O6S/c26-24(27)38-18-5-2-6-19(12-18)40(35,36)33-16-4-1-3-15(11-16)22(34)14-30-9-10-37-17-7-8-20-21(13-17)31-32-23(20)39-25(28)29/h1-8,11-13,22,24-25,30,33-34H,9-10,14H2,(H,31,32)/t22-/m0/s1. The van der Waals surface area contributed by atoms with Gasteiger partial charge in [-0.15, -0.1) is 5.10 Å². The molecule has 0 spiro atoms. The molecule has 3 aromatic carbocycles. The molecule has 1 aromatic heterocycles. The fourth-order valence-corrected chi connectivity index (χ4v) is 4.76. The smallest absolute Gasteiger partial charge is 0.388 e. The third-order valence-corrected chi connectivity index (χ3v) is 6.83. The summed E-state index contributed by atoms with van der Waals surface area (Å²) in [5, 5.41) is 20.2. The van der Waals surface area contributed by atoms with E-state index in [1.807, 2.05) is 0 Å². The second-order valence-electron chi connectivity index (χ2n) is 8.27. The second-order valence-corrected chi connectivity index (χ2v) is 9.95. The minimum absolute atomic E-state index is 0.125. The minimum Gasteiger partial charge on any atom is -0.492 e. The zero-order valence-electron chi connectivity index (χ0n) is 20.6. The van der Waals surface area contributed by atoms with Gasteiger partial charge in [-0.3, -0.25) is 9.82 Å². The number of aliphatic hydroxyl groups is 1. The molecule has 0 unspecified atom stereocenters. The van der Waals surface area contributed by atoms with Crippen molar-refractivity contribution < 1.29 is 45.3 Å². The van der Waals surface area contributed by atoms with Crippen LogP contribution in [0.2, 0.25) is 0 Å². The summed E-state index contributed by atoms with van der Waals surface area (Å²) in [5.41, 5.74) is 1.05. The first-order valence-corrected chi connectivity index (χ1v) is 13.2. The average molecular weight is 585 g/mol. The predicted octanol–water partition coefficient (Wildman–Crippen LogP) is 4.27. The van der Waals surface area contributed by atoms with Crippen LogP contribution in [-0.2, 0) is 10.0 Å². The summed E-state index contributed by atoms with van der Waals surface area (Å²) in [4.78, 5) is -0.271. The Kier molecular flexibility index (Phi) is 9.29. The number of anilines is 1. The van der Waals surface area contributed by atoms with Gasteiger partial charge in [0.1, 0.15) is 18.1 Å². The van der Waals surface area contributed by atoms with Crippen LogP contribution in [0.25, 0.3) is 10.9 Å². The van der Waals surface area contributed by atoms with E-state index in [9.17, 15) is 31.1 Å². The summed E-state index contributed by atoms with van der Waals surface area (Å²) in [7, 11) is -4.12. The molecule has 0 aliphatic carbocycles. The number of sulfonamides is 1. The van der Waals surface area contributed by atoms with Crippen LogP contribution in [0.1, 0.15) is 11.7 Å². The number of rotatable bonds is 14. The van der Waals surface area contributed by atoms with Crippen molar-refractivity contribution in [2.24, 2.45) is 0 Å². The van der Waals surface area contributed by atoms with E-state index in [4.69, 9.17) is 4.74 Å². The highest BCUT2D eigenvalue weighted by atomic mass is 32.2. The van der Waals surface area contributed by atoms with Crippen molar-refractivity contribution in [1.29, 1.82) is 0 Å². The first kappa shape index (κ1) is 28.9. The molecule has 0 aliphatic heterocycles. The van der Waals surface area contributed by atoms with Crippen molar-refractivity contribution in [2.75, 3.05) is 24.4 Å². The number of ether oxygens (including phenoxy) is 3. The van der Waals surface area contributed by atoms with Crippen LogP contribution >= 0.6 is 0 Å². The summed E-state index contributed by atoms with van der Waals surface area (Å²) < 4.78 is 91.8. The Morgan fingerprint density at radius 1 is 0.925 bits per heavy atom. The second kappa shape index (κ2) is 12.8. The van der Waals surface area contributed by atoms with E-state index >= 15 is 0 Å². The Hall–Kier alpha value is -4.08. The maximum Gasteiger partial charge on any atom is 0.388 e. The quantitative estimate of drug-likeness (QED) is 0.128. The van der Waals surface area contributed by atoms with Gasteiger partial charge in [-0.1, -0.05) is 18.2 Å². The lowest BCUT2D eigenvalue weighted by atomic mass is 10.1. The Bertz CT molecular complexity index is 1540. The largest absolute Gasteiger partial charge is 0.492 e. The highest BCUT2D eigenvalue weighted by molar-refractivity contribution is 7.92. The number of H-pyrrole nitrogens is 1. The molecular weight excluding hydrogens is 560 g/mol. The highest BCUT2D eigenvalue weighted by Gasteiger charge is 2.17. The minimum atomic E-state index is -4.12. The maximum atomic E-state index is 12.7. The van der Waals surface area contributed by atoms with Gasteiger partial charge in [-0.25, -0.2) is 8.42 Å².